The molecule has 2 unspecified atom stereocenters. The maximum atomic E-state index is 12.4. The smallest absolute Gasteiger partial charge is 0.234 e. The first-order valence-electron chi connectivity index (χ1n) is 8.95. The van der Waals surface area contributed by atoms with E-state index < -0.39 is 0 Å². The van der Waals surface area contributed by atoms with E-state index in [9.17, 15) is 4.79 Å². The van der Waals surface area contributed by atoms with Crippen LogP contribution in [0.4, 0.5) is 0 Å². The van der Waals surface area contributed by atoms with Gasteiger partial charge in [0.2, 0.25) is 5.91 Å². The zero-order chi connectivity index (χ0) is 17.5. The van der Waals surface area contributed by atoms with Crippen LogP contribution in [0, 0.1) is 0 Å². The third-order valence-electron chi connectivity index (χ3n) is 4.66. The summed E-state index contributed by atoms with van der Waals surface area (Å²) in [5.74, 6) is 1.21. The molecule has 0 bridgehead atoms. The van der Waals surface area contributed by atoms with E-state index in [4.69, 9.17) is 0 Å². The second-order valence-electron chi connectivity index (χ2n) is 6.49. The van der Waals surface area contributed by atoms with Crippen LogP contribution in [0.15, 0.2) is 60.7 Å². The van der Waals surface area contributed by atoms with Crippen molar-refractivity contribution in [2.75, 3.05) is 25.4 Å². The quantitative estimate of drug-likeness (QED) is 0.861. The average Bonchev–Trinajstić information content (AvgIpc) is 2.63. The van der Waals surface area contributed by atoms with Crippen LogP contribution in [0.1, 0.15) is 24.1 Å². The third kappa shape index (κ3) is 5.10. The van der Waals surface area contributed by atoms with Crippen molar-refractivity contribution in [2.24, 2.45) is 0 Å². The number of rotatable bonds is 6. The van der Waals surface area contributed by atoms with Gasteiger partial charge in [-0.2, -0.15) is 11.8 Å². The standard InChI is InChI=1S/C21H26N2OS/c1-17-21(19-10-6-3-7-11-19)23(14-15-25-17)16-20(24)22-13-12-18-8-4-2-5-9-18/h2-11,17,21H,12-16H2,1H3,(H,22,24). The van der Waals surface area contributed by atoms with Gasteiger partial charge in [-0.1, -0.05) is 67.6 Å². The summed E-state index contributed by atoms with van der Waals surface area (Å²) in [5, 5.41) is 3.57. The van der Waals surface area contributed by atoms with E-state index in [1.165, 1.54) is 11.1 Å². The molecule has 2 atom stereocenters. The lowest BCUT2D eigenvalue weighted by molar-refractivity contribution is -0.122. The molecule has 4 heteroatoms. The zero-order valence-corrected chi connectivity index (χ0v) is 15.5. The minimum atomic E-state index is 0.121. The summed E-state index contributed by atoms with van der Waals surface area (Å²) in [4.78, 5) is 14.8. The van der Waals surface area contributed by atoms with E-state index >= 15 is 0 Å². The molecule has 0 aliphatic carbocycles. The van der Waals surface area contributed by atoms with Crippen molar-refractivity contribution in [1.29, 1.82) is 0 Å². The highest BCUT2D eigenvalue weighted by Crippen LogP contribution is 2.35. The first kappa shape index (κ1) is 18.0. The highest BCUT2D eigenvalue weighted by Gasteiger charge is 2.31. The molecule has 1 fully saturated rings. The normalized spacial score (nSPS) is 21.0. The topological polar surface area (TPSA) is 32.3 Å². The van der Waals surface area contributed by atoms with Crippen LogP contribution in [0.25, 0.3) is 0 Å². The summed E-state index contributed by atoms with van der Waals surface area (Å²) in [6, 6.07) is 21.1. The summed E-state index contributed by atoms with van der Waals surface area (Å²) in [5.41, 5.74) is 2.56. The summed E-state index contributed by atoms with van der Waals surface area (Å²) < 4.78 is 0. The first-order valence-corrected chi connectivity index (χ1v) is 10.00. The molecular formula is C21H26N2OS. The Balaban J connectivity index is 1.55. The first-order chi connectivity index (χ1) is 12.2. The molecule has 1 aliphatic heterocycles. The Labute approximate surface area is 154 Å². The van der Waals surface area contributed by atoms with Gasteiger partial charge in [0.1, 0.15) is 0 Å². The van der Waals surface area contributed by atoms with Crippen molar-refractivity contribution in [2.45, 2.75) is 24.6 Å². The SMILES string of the molecule is CC1SCCN(CC(=O)NCCc2ccccc2)C1c1ccccc1. The van der Waals surface area contributed by atoms with E-state index in [2.05, 4.69) is 53.5 Å². The predicted molar refractivity (Wildman–Crippen MR) is 106 cm³/mol. The van der Waals surface area contributed by atoms with Crippen LogP contribution in [0.5, 0.6) is 0 Å². The van der Waals surface area contributed by atoms with E-state index in [0.717, 1.165) is 18.7 Å². The van der Waals surface area contributed by atoms with E-state index in [1.54, 1.807) is 0 Å². The number of hydrogen-bond acceptors (Lipinski definition) is 3. The molecular weight excluding hydrogens is 328 g/mol. The summed E-state index contributed by atoms with van der Waals surface area (Å²) in [6.07, 6.45) is 0.876. The van der Waals surface area contributed by atoms with Crippen LogP contribution in [0.3, 0.4) is 0 Å². The summed E-state index contributed by atoms with van der Waals surface area (Å²) in [7, 11) is 0. The number of carbonyl (C=O) groups is 1. The minimum Gasteiger partial charge on any atom is -0.355 e. The fraction of sp³-hybridized carbons (Fsp3) is 0.381. The largest absolute Gasteiger partial charge is 0.355 e. The second-order valence-corrected chi connectivity index (χ2v) is 7.97. The third-order valence-corrected chi connectivity index (χ3v) is 5.87. The van der Waals surface area contributed by atoms with Gasteiger partial charge in [-0.15, -0.1) is 0 Å². The summed E-state index contributed by atoms with van der Waals surface area (Å²) in [6.45, 7) is 4.39. The number of nitrogens with one attached hydrogen (secondary N) is 1. The lowest BCUT2D eigenvalue weighted by Gasteiger charge is -2.39. The molecule has 132 valence electrons. The Bertz CT molecular complexity index is 662. The maximum absolute atomic E-state index is 12.4. The molecule has 0 aromatic heterocycles. The molecule has 1 aliphatic rings. The van der Waals surface area contributed by atoms with Crippen LogP contribution in [-0.4, -0.2) is 41.4 Å². The van der Waals surface area contributed by atoms with E-state index in [-0.39, 0.29) is 5.91 Å². The van der Waals surface area contributed by atoms with Crippen LogP contribution >= 0.6 is 11.8 Å². The molecule has 2 aromatic carbocycles. The number of amides is 1. The molecule has 0 radical (unpaired) electrons. The Kier molecular flexibility index (Phi) is 6.54. The van der Waals surface area contributed by atoms with Gasteiger partial charge >= 0.3 is 0 Å². The van der Waals surface area contributed by atoms with E-state index in [0.29, 0.717) is 24.4 Å². The minimum absolute atomic E-state index is 0.121. The van der Waals surface area contributed by atoms with Gasteiger partial charge in [-0.05, 0) is 17.5 Å². The highest BCUT2D eigenvalue weighted by atomic mass is 32.2. The Morgan fingerprint density at radius 2 is 1.80 bits per heavy atom. The molecule has 2 aromatic rings. The molecule has 1 amide bonds. The number of carbonyl (C=O) groups excluding carboxylic acids is 1. The highest BCUT2D eigenvalue weighted by molar-refractivity contribution is 8.00. The molecule has 3 nitrogen and oxygen atoms in total. The summed E-state index contributed by atoms with van der Waals surface area (Å²) >= 11 is 1.99. The zero-order valence-electron chi connectivity index (χ0n) is 14.7. The molecule has 3 rings (SSSR count). The predicted octanol–water partition coefficient (Wildman–Crippen LogP) is 3.52. The lowest BCUT2D eigenvalue weighted by Crippen LogP contribution is -2.45. The number of benzene rings is 2. The van der Waals surface area contributed by atoms with Gasteiger partial charge in [0.05, 0.1) is 6.54 Å². The number of hydrogen-bond donors (Lipinski definition) is 1. The Morgan fingerprint density at radius 1 is 1.12 bits per heavy atom. The van der Waals surface area contributed by atoms with Gasteiger partial charge in [0.15, 0.2) is 0 Å². The number of nitrogens with zero attached hydrogens (tertiary/aromatic N) is 1. The van der Waals surface area contributed by atoms with Crippen molar-refractivity contribution in [3.8, 4) is 0 Å². The van der Waals surface area contributed by atoms with Crippen LogP contribution in [-0.2, 0) is 11.2 Å². The van der Waals surface area contributed by atoms with Crippen LogP contribution in [0.2, 0.25) is 0 Å². The fourth-order valence-electron chi connectivity index (χ4n) is 3.42. The van der Waals surface area contributed by atoms with Gasteiger partial charge < -0.3 is 5.32 Å². The van der Waals surface area contributed by atoms with Gasteiger partial charge in [-0.3, -0.25) is 9.69 Å². The Morgan fingerprint density at radius 3 is 2.52 bits per heavy atom. The van der Waals surface area contributed by atoms with Crippen molar-refractivity contribution < 1.29 is 4.79 Å². The molecule has 1 saturated heterocycles. The lowest BCUT2D eigenvalue weighted by atomic mass is 10.0. The van der Waals surface area contributed by atoms with Crippen molar-refractivity contribution >= 4 is 17.7 Å². The maximum Gasteiger partial charge on any atom is 0.234 e. The average molecular weight is 355 g/mol. The van der Waals surface area contributed by atoms with Gasteiger partial charge in [0.25, 0.3) is 0 Å². The molecule has 25 heavy (non-hydrogen) atoms. The molecule has 1 heterocycles. The van der Waals surface area contributed by atoms with Gasteiger partial charge in [-0.25, -0.2) is 0 Å². The molecule has 0 spiro atoms. The van der Waals surface area contributed by atoms with Crippen LogP contribution < -0.4 is 5.32 Å². The number of thioether (sulfide) groups is 1. The molecule has 0 saturated carbocycles. The van der Waals surface area contributed by atoms with Crippen molar-refractivity contribution in [3.05, 3.63) is 71.8 Å². The monoisotopic (exact) mass is 354 g/mol. The molecule has 1 N–H and O–H groups in total. The Hall–Kier alpha value is -1.78. The van der Waals surface area contributed by atoms with Crippen molar-refractivity contribution in [1.82, 2.24) is 10.2 Å². The van der Waals surface area contributed by atoms with E-state index in [1.807, 2.05) is 36.0 Å². The fourth-order valence-corrected chi connectivity index (χ4v) is 4.65. The van der Waals surface area contributed by atoms with Gasteiger partial charge in [0, 0.05) is 30.1 Å². The van der Waals surface area contributed by atoms with Crippen molar-refractivity contribution in [3.63, 3.8) is 0 Å². The second kappa shape index (κ2) is 9.07.